The molecule has 1 N–H and O–H groups in total. The molecule has 1 aromatic rings. The van der Waals surface area contributed by atoms with Gasteiger partial charge in [0.2, 0.25) is 0 Å². The number of hydrogen-bond donors (Lipinski definition) is 1. The average molecular weight is 303 g/mol. The standard InChI is InChI=1S/C17H21NO2S/c1-3-16-12-18(6-8-21-16)17(20)15-10-13(2)9-14(11-15)5-4-7-19/h9-11,16,19H,3,6-8,12H2,1-2H3. The predicted molar refractivity (Wildman–Crippen MR) is 87.6 cm³/mol. The number of rotatable bonds is 2. The van der Waals surface area contributed by atoms with Crippen molar-refractivity contribution >= 4 is 17.7 Å². The minimum absolute atomic E-state index is 0.0875. The number of benzene rings is 1. The Bertz CT molecular complexity index is 574. The van der Waals surface area contributed by atoms with E-state index in [1.807, 2.05) is 41.8 Å². The van der Waals surface area contributed by atoms with Gasteiger partial charge in [-0.05, 0) is 37.1 Å². The van der Waals surface area contributed by atoms with E-state index in [1.165, 1.54) is 0 Å². The smallest absolute Gasteiger partial charge is 0.253 e. The Morgan fingerprint density at radius 1 is 1.48 bits per heavy atom. The van der Waals surface area contributed by atoms with Crippen LogP contribution in [0.3, 0.4) is 0 Å². The molecule has 0 spiro atoms. The Morgan fingerprint density at radius 2 is 2.29 bits per heavy atom. The molecule has 4 heteroatoms. The van der Waals surface area contributed by atoms with Gasteiger partial charge in [0.15, 0.2) is 0 Å². The number of hydrogen-bond acceptors (Lipinski definition) is 3. The number of amides is 1. The van der Waals surface area contributed by atoms with E-state index in [4.69, 9.17) is 5.11 Å². The van der Waals surface area contributed by atoms with Crippen LogP contribution in [0.1, 0.15) is 34.8 Å². The first-order chi connectivity index (χ1) is 10.1. The van der Waals surface area contributed by atoms with Crippen LogP contribution in [0.25, 0.3) is 0 Å². The van der Waals surface area contributed by atoms with E-state index < -0.39 is 0 Å². The van der Waals surface area contributed by atoms with Gasteiger partial charge < -0.3 is 10.0 Å². The molecule has 1 fully saturated rings. The second kappa shape index (κ2) is 7.53. The molecule has 0 aliphatic carbocycles. The highest BCUT2D eigenvalue weighted by atomic mass is 32.2. The SMILES string of the molecule is CCC1CN(C(=O)c2cc(C)cc(C#CCO)c2)CCS1. The molecule has 1 aliphatic heterocycles. The van der Waals surface area contributed by atoms with E-state index in [0.29, 0.717) is 10.8 Å². The Hall–Kier alpha value is -1.44. The van der Waals surface area contributed by atoms with Crippen LogP contribution in [0.5, 0.6) is 0 Å². The number of nitrogens with zero attached hydrogens (tertiary/aromatic N) is 1. The van der Waals surface area contributed by atoms with Crippen molar-refractivity contribution in [3.63, 3.8) is 0 Å². The van der Waals surface area contributed by atoms with Gasteiger partial charge in [-0.25, -0.2) is 0 Å². The summed E-state index contributed by atoms with van der Waals surface area (Å²) >= 11 is 1.95. The zero-order chi connectivity index (χ0) is 15.2. The second-order valence-corrected chi connectivity index (χ2v) is 6.61. The minimum atomic E-state index is -0.168. The van der Waals surface area contributed by atoms with Gasteiger partial charge in [-0.15, -0.1) is 0 Å². The summed E-state index contributed by atoms with van der Waals surface area (Å²) in [4.78, 5) is 14.6. The van der Waals surface area contributed by atoms with Crippen LogP contribution in [0.15, 0.2) is 18.2 Å². The van der Waals surface area contributed by atoms with Gasteiger partial charge in [0.25, 0.3) is 5.91 Å². The first-order valence-corrected chi connectivity index (χ1v) is 8.31. The molecule has 1 heterocycles. The fourth-order valence-corrected chi connectivity index (χ4v) is 3.63. The third-order valence-corrected chi connectivity index (χ3v) is 4.89. The normalized spacial score (nSPS) is 18.0. The number of aryl methyl sites for hydroxylation is 1. The molecule has 21 heavy (non-hydrogen) atoms. The highest BCUT2D eigenvalue weighted by molar-refractivity contribution is 8.00. The second-order valence-electron chi connectivity index (χ2n) is 5.20. The Balaban J connectivity index is 2.20. The van der Waals surface area contributed by atoms with E-state index in [2.05, 4.69) is 18.8 Å². The van der Waals surface area contributed by atoms with Crippen LogP contribution in [-0.4, -0.2) is 46.6 Å². The summed E-state index contributed by atoms with van der Waals surface area (Å²) in [5.74, 6) is 6.60. The summed E-state index contributed by atoms with van der Waals surface area (Å²) in [6, 6.07) is 5.66. The van der Waals surface area contributed by atoms with Crippen LogP contribution < -0.4 is 0 Å². The average Bonchev–Trinajstić information content (AvgIpc) is 2.51. The molecule has 0 bridgehead atoms. The molecule has 1 saturated heterocycles. The van der Waals surface area contributed by atoms with Gasteiger partial charge in [0.1, 0.15) is 6.61 Å². The maximum absolute atomic E-state index is 12.7. The summed E-state index contributed by atoms with van der Waals surface area (Å²) in [5, 5.41) is 9.33. The van der Waals surface area contributed by atoms with Crippen molar-refractivity contribution in [3.8, 4) is 11.8 Å². The van der Waals surface area contributed by atoms with E-state index in [9.17, 15) is 4.79 Å². The molecule has 2 rings (SSSR count). The fourth-order valence-electron chi connectivity index (χ4n) is 2.45. The molecule has 112 valence electrons. The largest absolute Gasteiger partial charge is 0.384 e. The lowest BCUT2D eigenvalue weighted by Gasteiger charge is -2.32. The van der Waals surface area contributed by atoms with Crippen molar-refractivity contribution in [2.45, 2.75) is 25.5 Å². The van der Waals surface area contributed by atoms with Crippen molar-refractivity contribution < 1.29 is 9.90 Å². The van der Waals surface area contributed by atoms with Crippen molar-refractivity contribution in [1.29, 1.82) is 0 Å². The molecule has 0 radical (unpaired) electrons. The Morgan fingerprint density at radius 3 is 3.00 bits per heavy atom. The lowest BCUT2D eigenvalue weighted by Crippen LogP contribution is -2.41. The highest BCUT2D eigenvalue weighted by Gasteiger charge is 2.24. The molecule has 0 saturated carbocycles. The van der Waals surface area contributed by atoms with E-state index in [-0.39, 0.29) is 12.5 Å². The van der Waals surface area contributed by atoms with Crippen molar-refractivity contribution in [2.75, 3.05) is 25.4 Å². The predicted octanol–water partition coefficient (Wildman–Crippen LogP) is 2.31. The van der Waals surface area contributed by atoms with E-state index >= 15 is 0 Å². The lowest BCUT2D eigenvalue weighted by molar-refractivity contribution is 0.0761. The zero-order valence-electron chi connectivity index (χ0n) is 12.6. The Labute approximate surface area is 130 Å². The van der Waals surface area contributed by atoms with E-state index in [0.717, 1.165) is 36.4 Å². The molecule has 0 aromatic heterocycles. The quantitative estimate of drug-likeness (QED) is 0.852. The number of aliphatic hydroxyl groups is 1. The third-order valence-electron chi connectivity index (χ3n) is 3.52. The van der Waals surface area contributed by atoms with Gasteiger partial charge in [-0.2, -0.15) is 11.8 Å². The molecule has 1 atom stereocenters. The fraction of sp³-hybridized carbons (Fsp3) is 0.471. The summed E-state index contributed by atoms with van der Waals surface area (Å²) in [6.45, 7) is 5.60. The first kappa shape index (κ1) is 15.9. The van der Waals surface area contributed by atoms with E-state index in [1.54, 1.807) is 0 Å². The highest BCUT2D eigenvalue weighted by Crippen LogP contribution is 2.23. The first-order valence-electron chi connectivity index (χ1n) is 7.26. The topological polar surface area (TPSA) is 40.5 Å². The van der Waals surface area contributed by atoms with Gasteiger partial charge in [0.05, 0.1) is 0 Å². The molecule has 1 aromatic carbocycles. The van der Waals surface area contributed by atoms with Crippen LogP contribution in [0, 0.1) is 18.8 Å². The van der Waals surface area contributed by atoms with Crippen LogP contribution in [-0.2, 0) is 0 Å². The summed E-state index contributed by atoms with van der Waals surface area (Å²) < 4.78 is 0. The zero-order valence-corrected chi connectivity index (χ0v) is 13.4. The van der Waals surface area contributed by atoms with Gasteiger partial charge in [0, 0.05) is 35.2 Å². The maximum Gasteiger partial charge on any atom is 0.253 e. The van der Waals surface area contributed by atoms with Crippen LogP contribution in [0.4, 0.5) is 0 Å². The number of carbonyl (C=O) groups is 1. The maximum atomic E-state index is 12.7. The lowest BCUT2D eigenvalue weighted by atomic mass is 10.1. The van der Waals surface area contributed by atoms with Crippen LogP contribution >= 0.6 is 11.8 Å². The molecular weight excluding hydrogens is 282 g/mol. The summed E-state index contributed by atoms with van der Waals surface area (Å²) in [7, 11) is 0. The van der Waals surface area contributed by atoms with Gasteiger partial charge in [-0.3, -0.25) is 4.79 Å². The summed E-state index contributed by atoms with van der Waals surface area (Å²) in [6.07, 6.45) is 1.09. The number of thioether (sulfide) groups is 1. The van der Waals surface area contributed by atoms with Crippen molar-refractivity contribution in [3.05, 3.63) is 34.9 Å². The van der Waals surface area contributed by atoms with Crippen molar-refractivity contribution in [1.82, 2.24) is 4.90 Å². The molecule has 3 nitrogen and oxygen atoms in total. The van der Waals surface area contributed by atoms with Gasteiger partial charge in [-0.1, -0.05) is 18.8 Å². The number of aliphatic hydroxyl groups excluding tert-OH is 1. The Kier molecular flexibility index (Phi) is 5.72. The molecular formula is C17H21NO2S. The van der Waals surface area contributed by atoms with Crippen molar-refractivity contribution in [2.24, 2.45) is 0 Å². The molecule has 1 unspecified atom stereocenters. The minimum Gasteiger partial charge on any atom is -0.384 e. The third kappa shape index (κ3) is 4.26. The monoisotopic (exact) mass is 303 g/mol. The number of carbonyl (C=O) groups excluding carboxylic acids is 1. The summed E-state index contributed by atoms with van der Waals surface area (Å²) in [5.41, 5.74) is 2.49. The van der Waals surface area contributed by atoms with Gasteiger partial charge >= 0.3 is 0 Å². The molecule has 1 amide bonds. The molecule has 1 aliphatic rings. The van der Waals surface area contributed by atoms with Crippen LogP contribution in [0.2, 0.25) is 0 Å².